The summed E-state index contributed by atoms with van der Waals surface area (Å²) in [5.74, 6) is -6.47. The van der Waals surface area contributed by atoms with Gasteiger partial charge in [0.05, 0.1) is 18.1 Å². The molecule has 0 aliphatic carbocycles. The van der Waals surface area contributed by atoms with Crippen molar-refractivity contribution in [3.63, 3.8) is 0 Å². The van der Waals surface area contributed by atoms with Gasteiger partial charge in [-0.1, -0.05) is 47.3 Å². The van der Waals surface area contributed by atoms with Crippen molar-refractivity contribution in [2.24, 2.45) is 11.8 Å². The quantitative estimate of drug-likeness (QED) is 0.240. The number of hydrogen-bond donors (Lipinski definition) is 2. The molecule has 2 aliphatic rings. The number of nitrogen functional groups attached to an aromatic ring is 1. The van der Waals surface area contributed by atoms with Gasteiger partial charge in [-0.15, -0.1) is 0 Å². The van der Waals surface area contributed by atoms with Crippen molar-refractivity contribution >= 4 is 28.2 Å². The van der Waals surface area contributed by atoms with Crippen LogP contribution >= 0.6 is 0 Å². The van der Waals surface area contributed by atoms with E-state index in [1.54, 1.807) is 20.0 Å². The van der Waals surface area contributed by atoms with E-state index in [2.05, 4.69) is 59.2 Å². The Labute approximate surface area is 265 Å². The van der Waals surface area contributed by atoms with E-state index >= 15 is 0 Å². The Bertz CT molecular complexity index is 1280. The van der Waals surface area contributed by atoms with Gasteiger partial charge in [-0.2, -0.15) is 9.97 Å². The van der Waals surface area contributed by atoms with Crippen LogP contribution in [0.15, 0.2) is 29.3 Å². The van der Waals surface area contributed by atoms with Gasteiger partial charge in [0.1, 0.15) is 26.0 Å². The van der Waals surface area contributed by atoms with Gasteiger partial charge in [0.25, 0.3) is 11.8 Å². The second kappa shape index (κ2) is 14.9. The molecule has 6 atom stereocenters. The molecular weight excluding hydrogens is 629 g/mol. The summed E-state index contributed by atoms with van der Waals surface area (Å²) in [4.78, 5) is 26.9. The van der Waals surface area contributed by atoms with Gasteiger partial charge >= 0.3 is 11.7 Å². The summed E-state index contributed by atoms with van der Waals surface area (Å²) in [6, 6.07) is 3.67. The molecule has 10 nitrogen and oxygen atoms in total. The summed E-state index contributed by atoms with van der Waals surface area (Å²) < 4.78 is 71.1. The number of rotatable bonds is 7. The minimum atomic E-state index is -3.11. The Hall–Kier alpha value is -2.57. The first-order chi connectivity index (χ1) is 20.5. The van der Waals surface area contributed by atoms with Gasteiger partial charge in [0.15, 0.2) is 0 Å². The molecular formula is C29H50F4N6O4Si2. The number of ether oxygens (including phenoxy) is 2. The molecule has 256 valence electrons. The summed E-state index contributed by atoms with van der Waals surface area (Å²) in [5, 5.41) is 0. The van der Waals surface area contributed by atoms with E-state index in [0.717, 1.165) is 10.4 Å². The van der Waals surface area contributed by atoms with E-state index in [1.807, 2.05) is 13.0 Å². The fraction of sp³-hybridized carbons (Fsp3) is 0.724. The van der Waals surface area contributed by atoms with E-state index in [4.69, 9.17) is 19.6 Å². The first kappa shape index (κ1) is 38.6. The van der Waals surface area contributed by atoms with E-state index in [1.165, 1.54) is 26.1 Å². The first-order valence-corrected chi connectivity index (χ1v) is 22.2. The lowest BCUT2D eigenvalue weighted by molar-refractivity contribution is -0.125. The molecule has 0 radical (unpaired) electrons. The predicted octanol–water partition coefficient (Wildman–Crippen LogP) is 6.80. The molecule has 2 aliphatic heterocycles. The molecule has 2 aromatic heterocycles. The number of hydrogen-bond acceptors (Lipinski definition) is 9. The van der Waals surface area contributed by atoms with Crippen molar-refractivity contribution in [1.82, 2.24) is 19.5 Å². The zero-order valence-corrected chi connectivity index (χ0v) is 30.2. The van der Waals surface area contributed by atoms with E-state index in [9.17, 15) is 22.4 Å². The van der Waals surface area contributed by atoms with Crippen LogP contribution in [0.1, 0.15) is 53.7 Å². The number of nitrogens with zero attached hydrogens (tertiary/aromatic N) is 4. The number of nitrogens with two attached hydrogens (primary N) is 1. The van der Waals surface area contributed by atoms with Crippen LogP contribution in [-0.2, 0) is 9.47 Å². The Morgan fingerprint density at radius 2 is 1.49 bits per heavy atom. The van der Waals surface area contributed by atoms with Crippen molar-refractivity contribution in [3.05, 3.63) is 35.0 Å². The van der Waals surface area contributed by atoms with Gasteiger partial charge in [0, 0.05) is 18.3 Å². The fourth-order valence-electron chi connectivity index (χ4n) is 4.81. The predicted molar refractivity (Wildman–Crippen MR) is 173 cm³/mol. The van der Waals surface area contributed by atoms with Crippen molar-refractivity contribution < 1.29 is 31.5 Å². The van der Waals surface area contributed by atoms with Crippen molar-refractivity contribution in [2.45, 2.75) is 123 Å². The summed E-state index contributed by atoms with van der Waals surface area (Å²) in [6.07, 6.45) is 0.694. The van der Waals surface area contributed by atoms with Gasteiger partial charge in [-0.3, -0.25) is 4.57 Å². The maximum Gasteiger partial charge on any atom is 0.351 e. The standard InChI is InChI=1S/C11H15F2N3O2.C10H21N3OSi2.C8H14F2O/c1-3-7-6(2)11(12,13)9(18-7)16-5-4-8(14)15-10(16)17;1-15(2,3)13-9-7-8-11-10(12-9)14-16(4,5)6;1-4-7-5(2)8(9,10)6(3)11-7/h4-7,9H,3H2,1-2H3,(H2,14,15,17);7-8H,1-6H3,(H,11,12,13);5-7H,4H2,1-3H3/t6-,7-,9?;;5-,6?,7-/m1.1/s1. The molecule has 0 saturated carbocycles. The third-order valence-corrected chi connectivity index (χ3v) is 9.13. The second-order valence-electron chi connectivity index (χ2n) is 13.4. The van der Waals surface area contributed by atoms with Crippen LogP contribution in [-0.4, -0.2) is 66.2 Å². The van der Waals surface area contributed by atoms with Gasteiger partial charge < -0.3 is 24.6 Å². The van der Waals surface area contributed by atoms with Crippen LogP contribution in [0.4, 0.5) is 29.2 Å². The number of alkyl halides is 4. The number of aromatic nitrogens is 4. The molecule has 2 aromatic rings. The van der Waals surface area contributed by atoms with E-state index in [-0.39, 0.29) is 11.9 Å². The van der Waals surface area contributed by atoms with Crippen LogP contribution in [0.25, 0.3) is 0 Å². The van der Waals surface area contributed by atoms with Crippen LogP contribution in [0.2, 0.25) is 39.3 Å². The van der Waals surface area contributed by atoms with Gasteiger partial charge in [-0.05, 0) is 51.5 Å². The van der Waals surface area contributed by atoms with E-state index in [0.29, 0.717) is 18.9 Å². The molecule has 0 amide bonds. The molecule has 0 spiro atoms. The lowest BCUT2D eigenvalue weighted by Gasteiger charge is -2.21. The van der Waals surface area contributed by atoms with Crippen molar-refractivity contribution in [3.8, 4) is 6.01 Å². The lowest BCUT2D eigenvalue weighted by atomic mass is 9.96. The monoisotopic (exact) mass is 678 g/mol. The Morgan fingerprint density at radius 1 is 0.933 bits per heavy atom. The third-order valence-electron chi connectivity index (χ3n) is 7.33. The largest absolute Gasteiger partial charge is 0.518 e. The minimum Gasteiger partial charge on any atom is -0.518 e. The molecule has 4 rings (SSSR count). The van der Waals surface area contributed by atoms with Crippen molar-refractivity contribution in [2.75, 3.05) is 10.7 Å². The van der Waals surface area contributed by atoms with Crippen molar-refractivity contribution in [1.29, 1.82) is 0 Å². The normalized spacial score (nSPS) is 27.1. The highest BCUT2D eigenvalue weighted by molar-refractivity contribution is 6.79. The van der Waals surface area contributed by atoms with Crippen LogP contribution in [0.3, 0.4) is 0 Å². The molecule has 45 heavy (non-hydrogen) atoms. The second-order valence-corrected chi connectivity index (χ2v) is 22.6. The summed E-state index contributed by atoms with van der Waals surface area (Å²) in [7, 11) is -2.99. The number of nitrogens with one attached hydrogen (secondary N) is 1. The highest BCUT2D eigenvalue weighted by atomic mass is 28.4. The lowest BCUT2D eigenvalue weighted by Crippen LogP contribution is -2.37. The minimum absolute atomic E-state index is 0.00217. The van der Waals surface area contributed by atoms with Crippen LogP contribution in [0, 0.1) is 11.8 Å². The Balaban J connectivity index is 0.000000242. The molecule has 16 heteroatoms. The van der Waals surface area contributed by atoms with Gasteiger partial charge in [-0.25, -0.2) is 27.3 Å². The highest BCUT2D eigenvalue weighted by Crippen LogP contribution is 2.47. The average Bonchev–Trinajstić information content (AvgIpc) is 3.25. The molecule has 0 aromatic carbocycles. The SMILES string of the molecule is CC[C@H]1OC(C)C(F)(F)[C@@H]1C.CC[C@H]1OC(n2ccc(N)nc2=O)C(F)(F)[C@@H]1C.C[Si](C)(C)Nc1ccnc(O[Si](C)(C)C)n1. The smallest absolute Gasteiger partial charge is 0.351 e. The molecule has 0 bridgehead atoms. The zero-order valence-electron chi connectivity index (χ0n) is 28.2. The third kappa shape index (κ3) is 10.5. The fourth-order valence-corrected chi connectivity index (χ4v) is 6.36. The Morgan fingerprint density at radius 3 is 1.91 bits per heavy atom. The van der Waals surface area contributed by atoms with E-state index < -0.39 is 64.4 Å². The Kier molecular flexibility index (Phi) is 12.8. The topological polar surface area (TPSA) is 126 Å². The highest BCUT2D eigenvalue weighted by Gasteiger charge is 2.57. The average molecular weight is 679 g/mol. The molecule has 3 N–H and O–H groups in total. The molecule has 2 unspecified atom stereocenters. The van der Waals surface area contributed by atoms with Gasteiger partial charge in [0.2, 0.25) is 14.5 Å². The maximum absolute atomic E-state index is 14.1. The molecule has 4 heterocycles. The molecule has 2 saturated heterocycles. The summed E-state index contributed by atoms with van der Waals surface area (Å²) in [5.41, 5.74) is 4.49. The number of halogens is 4. The summed E-state index contributed by atoms with van der Waals surface area (Å²) >= 11 is 0. The molecule has 2 fully saturated rings. The summed E-state index contributed by atoms with van der Waals surface area (Å²) in [6.45, 7) is 21.1. The maximum atomic E-state index is 14.1. The van der Waals surface area contributed by atoms with Crippen LogP contribution in [0.5, 0.6) is 6.01 Å². The number of anilines is 2. The van der Waals surface area contributed by atoms with Crippen LogP contribution < -0.4 is 20.8 Å². The zero-order chi connectivity index (χ0) is 34.5. The first-order valence-electron chi connectivity index (χ1n) is 15.2.